The summed E-state index contributed by atoms with van der Waals surface area (Å²) in [6.45, 7) is 1.39. The summed E-state index contributed by atoms with van der Waals surface area (Å²) in [5, 5.41) is 2.77. The lowest BCUT2D eigenvalue weighted by Gasteiger charge is -2.31. The number of nitrogens with one attached hydrogen (secondary N) is 1. The van der Waals surface area contributed by atoms with Crippen LogP contribution in [-0.4, -0.2) is 44.8 Å². The van der Waals surface area contributed by atoms with Crippen molar-refractivity contribution in [2.24, 2.45) is 11.7 Å². The van der Waals surface area contributed by atoms with E-state index in [-0.39, 0.29) is 23.3 Å². The smallest absolute Gasteiger partial charge is 0.243 e. The van der Waals surface area contributed by atoms with Crippen LogP contribution in [-0.2, 0) is 14.8 Å². The van der Waals surface area contributed by atoms with Gasteiger partial charge in [-0.15, -0.1) is 0 Å². The number of hydrogen-bond donors (Lipinski definition) is 2. The Hall–Kier alpha value is -2.22. The molecule has 3 rings (SSSR count). The summed E-state index contributed by atoms with van der Waals surface area (Å²) in [4.78, 5) is 12.5. The molecule has 2 aromatic carbocycles. The van der Waals surface area contributed by atoms with Gasteiger partial charge in [-0.1, -0.05) is 48.5 Å². The molecule has 144 valence electrons. The summed E-state index contributed by atoms with van der Waals surface area (Å²) in [6.07, 6.45) is 1.34. The van der Waals surface area contributed by atoms with Gasteiger partial charge in [-0.25, -0.2) is 8.42 Å². The minimum Gasteiger partial charge on any atom is -0.355 e. The molecule has 7 heteroatoms. The number of sulfonamides is 1. The Bertz CT molecular complexity index is 884. The maximum absolute atomic E-state index is 13.3. The van der Waals surface area contributed by atoms with Gasteiger partial charge in [0, 0.05) is 31.7 Å². The maximum Gasteiger partial charge on any atom is 0.243 e. The van der Waals surface area contributed by atoms with Gasteiger partial charge in [-0.05, 0) is 24.5 Å². The third-order valence-corrected chi connectivity index (χ3v) is 6.71. The first-order valence-electron chi connectivity index (χ1n) is 9.16. The monoisotopic (exact) mass is 387 g/mol. The number of piperidine rings is 1. The van der Waals surface area contributed by atoms with Gasteiger partial charge in [0.25, 0.3) is 0 Å². The third-order valence-electron chi connectivity index (χ3n) is 4.79. The van der Waals surface area contributed by atoms with E-state index in [4.69, 9.17) is 5.73 Å². The topological polar surface area (TPSA) is 92.5 Å². The van der Waals surface area contributed by atoms with E-state index < -0.39 is 10.0 Å². The van der Waals surface area contributed by atoms with Crippen LogP contribution in [0.1, 0.15) is 12.8 Å². The Morgan fingerprint density at radius 3 is 2.56 bits per heavy atom. The number of rotatable bonds is 6. The van der Waals surface area contributed by atoms with E-state index in [1.54, 1.807) is 12.1 Å². The van der Waals surface area contributed by atoms with Crippen LogP contribution < -0.4 is 11.1 Å². The molecule has 1 amide bonds. The first-order valence-corrected chi connectivity index (χ1v) is 10.6. The maximum atomic E-state index is 13.3. The fourth-order valence-corrected chi connectivity index (χ4v) is 5.14. The molecule has 6 nitrogen and oxygen atoms in total. The van der Waals surface area contributed by atoms with Crippen LogP contribution in [0.25, 0.3) is 11.1 Å². The summed E-state index contributed by atoms with van der Waals surface area (Å²) >= 11 is 0. The zero-order valence-electron chi connectivity index (χ0n) is 15.2. The van der Waals surface area contributed by atoms with E-state index in [1.807, 2.05) is 42.5 Å². The number of benzene rings is 2. The van der Waals surface area contributed by atoms with Crippen molar-refractivity contribution in [1.82, 2.24) is 9.62 Å². The van der Waals surface area contributed by atoms with Gasteiger partial charge in [0.2, 0.25) is 15.9 Å². The molecule has 0 bridgehead atoms. The summed E-state index contributed by atoms with van der Waals surface area (Å²) in [5.74, 6) is -0.472. The second kappa shape index (κ2) is 8.65. The highest BCUT2D eigenvalue weighted by Gasteiger charge is 2.34. The molecule has 0 spiro atoms. The van der Waals surface area contributed by atoms with Gasteiger partial charge < -0.3 is 11.1 Å². The molecule has 0 aromatic heterocycles. The van der Waals surface area contributed by atoms with Crippen molar-refractivity contribution in [2.45, 2.75) is 17.7 Å². The molecule has 2 aromatic rings. The molecule has 1 heterocycles. The first-order chi connectivity index (χ1) is 13.0. The van der Waals surface area contributed by atoms with Gasteiger partial charge in [0.15, 0.2) is 0 Å². The first kappa shape index (κ1) is 19.5. The third kappa shape index (κ3) is 4.37. The van der Waals surface area contributed by atoms with Gasteiger partial charge in [-0.2, -0.15) is 4.31 Å². The quantitative estimate of drug-likeness (QED) is 0.791. The van der Waals surface area contributed by atoms with E-state index in [0.717, 1.165) is 5.56 Å². The summed E-state index contributed by atoms with van der Waals surface area (Å²) in [6, 6.07) is 16.5. The highest BCUT2D eigenvalue weighted by atomic mass is 32.2. The molecule has 1 fully saturated rings. The highest BCUT2D eigenvalue weighted by Crippen LogP contribution is 2.31. The van der Waals surface area contributed by atoms with E-state index >= 15 is 0 Å². The molecule has 0 saturated carbocycles. The molecular weight excluding hydrogens is 362 g/mol. The molecule has 0 radical (unpaired) electrons. The van der Waals surface area contributed by atoms with Crippen LogP contribution >= 0.6 is 0 Å². The summed E-state index contributed by atoms with van der Waals surface area (Å²) in [7, 11) is -3.70. The van der Waals surface area contributed by atoms with Gasteiger partial charge in [-0.3, -0.25) is 4.79 Å². The van der Waals surface area contributed by atoms with E-state index in [9.17, 15) is 13.2 Å². The lowest BCUT2D eigenvalue weighted by Crippen LogP contribution is -2.46. The van der Waals surface area contributed by atoms with Crippen molar-refractivity contribution in [3.05, 3.63) is 54.6 Å². The average Bonchev–Trinajstić information content (AvgIpc) is 2.72. The summed E-state index contributed by atoms with van der Waals surface area (Å²) < 4.78 is 28.1. The lowest BCUT2D eigenvalue weighted by atomic mass is 9.99. The zero-order valence-corrected chi connectivity index (χ0v) is 16.0. The SMILES string of the molecule is NCCNC(=O)C1CCCN(S(=O)(=O)c2ccccc2-c2ccccc2)C1. The number of nitrogens with zero attached hydrogens (tertiary/aromatic N) is 1. The molecule has 1 aliphatic heterocycles. The predicted octanol–water partition coefficient (Wildman–Crippen LogP) is 1.83. The Kier molecular flexibility index (Phi) is 6.26. The predicted molar refractivity (Wildman–Crippen MR) is 105 cm³/mol. The van der Waals surface area contributed by atoms with Gasteiger partial charge in [0.05, 0.1) is 10.8 Å². The molecule has 1 aliphatic rings. The molecule has 27 heavy (non-hydrogen) atoms. The molecule has 1 atom stereocenters. The number of carbonyl (C=O) groups is 1. The minimum atomic E-state index is -3.70. The fourth-order valence-electron chi connectivity index (χ4n) is 3.40. The van der Waals surface area contributed by atoms with Crippen molar-refractivity contribution >= 4 is 15.9 Å². The number of nitrogens with two attached hydrogens (primary N) is 1. The average molecular weight is 388 g/mol. The van der Waals surface area contributed by atoms with Crippen LogP contribution in [0.5, 0.6) is 0 Å². The van der Waals surface area contributed by atoms with Crippen molar-refractivity contribution in [3.8, 4) is 11.1 Å². The number of carbonyl (C=O) groups excluding carboxylic acids is 1. The summed E-state index contributed by atoms with van der Waals surface area (Å²) in [5.41, 5.74) is 6.96. The van der Waals surface area contributed by atoms with Crippen molar-refractivity contribution in [3.63, 3.8) is 0 Å². The number of amides is 1. The standard InChI is InChI=1S/C20H25N3O3S/c21-12-13-22-20(24)17-9-6-14-23(15-17)27(25,26)19-11-5-4-10-18(19)16-7-2-1-3-8-16/h1-5,7-8,10-11,17H,6,9,12-15,21H2,(H,22,24). The van der Waals surface area contributed by atoms with Crippen LogP contribution in [0, 0.1) is 5.92 Å². The van der Waals surface area contributed by atoms with Crippen molar-refractivity contribution in [1.29, 1.82) is 0 Å². The van der Waals surface area contributed by atoms with E-state index in [0.29, 0.717) is 38.0 Å². The largest absolute Gasteiger partial charge is 0.355 e. The molecule has 1 saturated heterocycles. The Labute approximate surface area is 160 Å². The zero-order chi connectivity index (χ0) is 19.3. The van der Waals surface area contributed by atoms with Crippen LogP contribution in [0.4, 0.5) is 0 Å². The van der Waals surface area contributed by atoms with Gasteiger partial charge in [0.1, 0.15) is 0 Å². The minimum absolute atomic E-state index is 0.128. The van der Waals surface area contributed by atoms with Crippen molar-refractivity contribution < 1.29 is 13.2 Å². The lowest BCUT2D eigenvalue weighted by molar-refractivity contribution is -0.126. The van der Waals surface area contributed by atoms with Crippen LogP contribution in [0.2, 0.25) is 0 Å². The van der Waals surface area contributed by atoms with E-state index in [1.165, 1.54) is 4.31 Å². The highest BCUT2D eigenvalue weighted by molar-refractivity contribution is 7.89. The Morgan fingerprint density at radius 2 is 1.81 bits per heavy atom. The molecule has 0 aliphatic carbocycles. The molecular formula is C20H25N3O3S. The van der Waals surface area contributed by atoms with E-state index in [2.05, 4.69) is 5.32 Å². The molecule has 3 N–H and O–H groups in total. The van der Waals surface area contributed by atoms with Crippen LogP contribution in [0.15, 0.2) is 59.5 Å². The second-order valence-corrected chi connectivity index (χ2v) is 8.55. The number of hydrogen-bond acceptors (Lipinski definition) is 4. The van der Waals surface area contributed by atoms with Crippen molar-refractivity contribution in [2.75, 3.05) is 26.2 Å². The van der Waals surface area contributed by atoms with Gasteiger partial charge >= 0.3 is 0 Å². The Morgan fingerprint density at radius 1 is 1.11 bits per heavy atom. The van der Waals surface area contributed by atoms with Crippen LogP contribution in [0.3, 0.4) is 0 Å². The fraction of sp³-hybridized carbons (Fsp3) is 0.350. The normalized spacial score (nSPS) is 18.2. The Balaban J connectivity index is 1.88. The second-order valence-electron chi connectivity index (χ2n) is 6.64. The molecule has 1 unspecified atom stereocenters.